The number of nitrogens with zero attached hydrogens (tertiary/aromatic N) is 3. The summed E-state index contributed by atoms with van der Waals surface area (Å²) in [6.45, 7) is 12.3. The summed E-state index contributed by atoms with van der Waals surface area (Å²) in [6, 6.07) is 0. The van der Waals surface area contributed by atoms with Crippen molar-refractivity contribution in [1.82, 2.24) is 9.80 Å². The van der Waals surface area contributed by atoms with Crippen LogP contribution in [-0.4, -0.2) is 68.2 Å². The van der Waals surface area contributed by atoms with E-state index in [4.69, 9.17) is 10.5 Å². The van der Waals surface area contributed by atoms with Crippen LogP contribution in [0.5, 0.6) is 0 Å². The summed E-state index contributed by atoms with van der Waals surface area (Å²) in [7, 11) is 0. The van der Waals surface area contributed by atoms with E-state index in [1.807, 2.05) is 0 Å². The zero-order valence-electron chi connectivity index (χ0n) is 12.3. The zero-order valence-corrected chi connectivity index (χ0v) is 12.3. The lowest BCUT2D eigenvalue weighted by Crippen LogP contribution is -2.45. The van der Waals surface area contributed by atoms with Crippen molar-refractivity contribution in [2.24, 2.45) is 22.6 Å². The third-order valence-corrected chi connectivity index (χ3v) is 3.84. The van der Waals surface area contributed by atoms with E-state index in [1.54, 1.807) is 0 Å². The third kappa shape index (κ3) is 4.66. The maximum atomic E-state index is 6.05. The van der Waals surface area contributed by atoms with Crippen LogP contribution in [0.4, 0.5) is 0 Å². The van der Waals surface area contributed by atoms with E-state index in [0.717, 1.165) is 38.8 Å². The number of ether oxygens (including phenoxy) is 1. The highest BCUT2D eigenvalue weighted by Gasteiger charge is 2.22. The minimum absolute atomic E-state index is 0.679. The van der Waals surface area contributed by atoms with Gasteiger partial charge in [0.05, 0.1) is 13.2 Å². The van der Waals surface area contributed by atoms with Crippen LogP contribution in [0.3, 0.4) is 0 Å². The first kappa shape index (κ1) is 14.6. The van der Waals surface area contributed by atoms with Crippen LogP contribution in [0, 0.1) is 11.8 Å². The predicted octanol–water partition coefficient (Wildman–Crippen LogP) is 0.611. The molecule has 0 aromatic rings. The van der Waals surface area contributed by atoms with Crippen molar-refractivity contribution >= 4 is 5.96 Å². The Bertz CT molecular complexity index is 300. The van der Waals surface area contributed by atoms with Crippen LogP contribution in [0.15, 0.2) is 4.99 Å². The monoisotopic (exact) mass is 268 g/mol. The second-order valence-electron chi connectivity index (χ2n) is 6.11. The Labute approximate surface area is 116 Å². The molecule has 1 atom stereocenters. The van der Waals surface area contributed by atoms with Crippen molar-refractivity contribution in [1.29, 1.82) is 0 Å². The number of morpholine rings is 1. The van der Waals surface area contributed by atoms with Gasteiger partial charge >= 0.3 is 0 Å². The van der Waals surface area contributed by atoms with Crippen molar-refractivity contribution in [2.45, 2.75) is 20.3 Å². The first-order valence-corrected chi connectivity index (χ1v) is 7.50. The van der Waals surface area contributed by atoms with Gasteiger partial charge in [-0.1, -0.05) is 13.8 Å². The molecule has 0 aromatic heterocycles. The Morgan fingerprint density at radius 1 is 1.32 bits per heavy atom. The van der Waals surface area contributed by atoms with E-state index >= 15 is 0 Å². The summed E-state index contributed by atoms with van der Waals surface area (Å²) in [5.41, 5.74) is 6.05. The average molecular weight is 268 g/mol. The van der Waals surface area contributed by atoms with Gasteiger partial charge in [-0.05, 0) is 24.8 Å². The molecule has 2 rings (SSSR count). The van der Waals surface area contributed by atoms with Crippen LogP contribution < -0.4 is 5.73 Å². The molecule has 0 spiro atoms. The van der Waals surface area contributed by atoms with E-state index in [0.29, 0.717) is 11.9 Å². The van der Waals surface area contributed by atoms with E-state index in [2.05, 4.69) is 28.6 Å². The first-order chi connectivity index (χ1) is 9.15. The Balaban J connectivity index is 1.72. The van der Waals surface area contributed by atoms with Crippen molar-refractivity contribution < 1.29 is 4.74 Å². The lowest BCUT2D eigenvalue weighted by atomic mass is 10.1. The minimum atomic E-state index is 0.679. The molecular formula is C14H28N4O. The number of likely N-dealkylation sites (tertiary alicyclic amines) is 1. The number of aliphatic imine (C=N–C) groups is 1. The van der Waals surface area contributed by atoms with Gasteiger partial charge in [0.15, 0.2) is 5.96 Å². The Hall–Kier alpha value is -0.810. The van der Waals surface area contributed by atoms with Crippen molar-refractivity contribution in [3.8, 4) is 0 Å². The molecule has 0 bridgehead atoms. The molecule has 2 saturated heterocycles. The van der Waals surface area contributed by atoms with E-state index in [1.165, 1.54) is 26.1 Å². The molecule has 19 heavy (non-hydrogen) atoms. The summed E-state index contributed by atoms with van der Waals surface area (Å²) in [5.74, 6) is 2.13. The fourth-order valence-corrected chi connectivity index (χ4v) is 2.86. The molecule has 0 radical (unpaired) electrons. The standard InChI is InChI=1S/C14H28N4O/c1-12(2)10-17-4-3-13(11-17)9-16-14(15)18-5-7-19-8-6-18/h12-13H,3-11H2,1-2H3,(H2,15,16). The summed E-state index contributed by atoms with van der Waals surface area (Å²) in [4.78, 5) is 9.26. The quantitative estimate of drug-likeness (QED) is 0.599. The molecule has 0 saturated carbocycles. The highest BCUT2D eigenvalue weighted by Crippen LogP contribution is 2.17. The summed E-state index contributed by atoms with van der Waals surface area (Å²) < 4.78 is 5.32. The normalized spacial score (nSPS) is 26.4. The Morgan fingerprint density at radius 2 is 2.05 bits per heavy atom. The Kier molecular flexibility index (Phi) is 5.45. The van der Waals surface area contributed by atoms with Gasteiger partial charge in [0.1, 0.15) is 0 Å². The van der Waals surface area contributed by atoms with Gasteiger partial charge in [0.2, 0.25) is 0 Å². The van der Waals surface area contributed by atoms with Crippen LogP contribution >= 0.6 is 0 Å². The van der Waals surface area contributed by atoms with Gasteiger partial charge in [-0.15, -0.1) is 0 Å². The van der Waals surface area contributed by atoms with Gasteiger partial charge in [0, 0.05) is 32.7 Å². The molecule has 2 aliphatic rings. The Morgan fingerprint density at radius 3 is 2.74 bits per heavy atom. The first-order valence-electron chi connectivity index (χ1n) is 7.50. The van der Waals surface area contributed by atoms with Crippen LogP contribution in [0.2, 0.25) is 0 Å². The maximum absolute atomic E-state index is 6.05. The molecule has 2 fully saturated rings. The molecule has 0 aromatic carbocycles. The molecule has 2 N–H and O–H groups in total. The second kappa shape index (κ2) is 7.10. The maximum Gasteiger partial charge on any atom is 0.191 e. The lowest BCUT2D eigenvalue weighted by Gasteiger charge is -2.27. The zero-order chi connectivity index (χ0) is 13.7. The van der Waals surface area contributed by atoms with Gasteiger partial charge in [0.25, 0.3) is 0 Å². The fraction of sp³-hybridized carbons (Fsp3) is 0.929. The average Bonchev–Trinajstić information content (AvgIpc) is 2.84. The lowest BCUT2D eigenvalue weighted by molar-refractivity contribution is 0.0674. The molecule has 110 valence electrons. The molecule has 0 amide bonds. The van der Waals surface area contributed by atoms with Crippen molar-refractivity contribution in [3.05, 3.63) is 0 Å². The second-order valence-corrected chi connectivity index (χ2v) is 6.11. The van der Waals surface area contributed by atoms with Crippen LogP contribution in [-0.2, 0) is 4.74 Å². The highest BCUT2D eigenvalue weighted by molar-refractivity contribution is 5.78. The van der Waals surface area contributed by atoms with Gasteiger partial charge in [-0.25, -0.2) is 0 Å². The molecule has 1 unspecified atom stereocenters. The third-order valence-electron chi connectivity index (χ3n) is 3.84. The van der Waals surface area contributed by atoms with Gasteiger partial charge < -0.3 is 20.3 Å². The molecule has 5 heteroatoms. The molecule has 2 heterocycles. The van der Waals surface area contributed by atoms with Gasteiger partial charge in [-0.3, -0.25) is 4.99 Å². The summed E-state index contributed by atoms with van der Waals surface area (Å²) in [6.07, 6.45) is 1.26. The van der Waals surface area contributed by atoms with E-state index in [-0.39, 0.29) is 0 Å². The van der Waals surface area contributed by atoms with Crippen LogP contribution in [0.1, 0.15) is 20.3 Å². The minimum Gasteiger partial charge on any atom is -0.378 e. The van der Waals surface area contributed by atoms with Gasteiger partial charge in [-0.2, -0.15) is 0 Å². The van der Waals surface area contributed by atoms with Crippen molar-refractivity contribution in [3.63, 3.8) is 0 Å². The predicted molar refractivity (Wildman–Crippen MR) is 78.3 cm³/mol. The highest BCUT2D eigenvalue weighted by atomic mass is 16.5. The van der Waals surface area contributed by atoms with Crippen LogP contribution in [0.25, 0.3) is 0 Å². The summed E-state index contributed by atoms with van der Waals surface area (Å²) in [5, 5.41) is 0. The smallest absolute Gasteiger partial charge is 0.191 e. The molecular weight excluding hydrogens is 240 g/mol. The number of nitrogens with two attached hydrogens (primary N) is 1. The molecule has 5 nitrogen and oxygen atoms in total. The largest absolute Gasteiger partial charge is 0.378 e. The fourth-order valence-electron chi connectivity index (χ4n) is 2.86. The van der Waals surface area contributed by atoms with Crippen molar-refractivity contribution in [2.75, 3.05) is 52.5 Å². The molecule has 2 aliphatic heterocycles. The number of hydrogen-bond acceptors (Lipinski definition) is 3. The topological polar surface area (TPSA) is 54.1 Å². The number of hydrogen-bond donors (Lipinski definition) is 1. The summed E-state index contributed by atoms with van der Waals surface area (Å²) >= 11 is 0. The number of guanidine groups is 1. The molecule has 0 aliphatic carbocycles. The van der Waals surface area contributed by atoms with E-state index < -0.39 is 0 Å². The SMILES string of the molecule is CC(C)CN1CCC(CN=C(N)N2CCOCC2)C1. The van der Waals surface area contributed by atoms with E-state index in [9.17, 15) is 0 Å². The number of rotatable bonds is 4.